The summed E-state index contributed by atoms with van der Waals surface area (Å²) < 4.78 is 5.71. The second-order valence-electron chi connectivity index (χ2n) is 4.88. The standard InChI is InChI=1S/C15H22O2/c1-2-11-17-14-10-6-5-9-13(14)15(16)12-7-3-4-8-12/h5-6,9-10,12,15-16H,2-4,7-8,11H2,1H3. The van der Waals surface area contributed by atoms with E-state index in [1.54, 1.807) is 0 Å². The quantitative estimate of drug-likeness (QED) is 0.841. The van der Waals surface area contributed by atoms with Crippen LogP contribution in [0.15, 0.2) is 24.3 Å². The van der Waals surface area contributed by atoms with Crippen molar-refractivity contribution in [2.24, 2.45) is 5.92 Å². The molecule has 1 aromatic rings. The van der Waals surface area contributed by atoms with E-state index in [0.717, 1.165) is 30.6 Å². The second kappa shape index (κ2) is 6.06. The van der Waals surface area contributed by atoms with Gasteiger partial charge >= 0.3 is 0 Å². The normalized spacial score (nSPS) is 18.2. The summed E-state index contributed by atoms with van der Waals surface area (Å²) in [6.07, 6.45) is 5.42. The third kappa shape index (κ3) is 3.01. The number of benzene rings is 1. The van der Waals surface area contributed by atoms with Crippen molar-refractivity contribution >= 4 is 0 Å². The Kier molecular flexibility index (Phi) is 4.43. The molecule has 1 aliphatic carbocycles. The average molecular weight is 234 g/mol. The minimum atomic E-state index is -0.356. The Labute approximate surface area is 104 Å². The Morgan fingerprint density at radius 3 is 2.71 bits per heavy atom. The summed E-state index contributed by atoms with van der Waals surface area (Å²) in [4.78, 5) is 0. The minimum absolute atomic E-state index is 0.356. The average Bonchev–Trinajstić information content (AvgIpc) is 2.89. The molecule has 1 atom stereocenters. The molecule has 1 aliphatic rings. The van der Waals surface area contributed by atoms with Gasteiger partial charge in [-0.25, -0.2) is 0 Å². The first-order valence-electron chi connectivity index (χ1n) is 6.72. The highest BCUT2D eigenvalue weighted by Gasteiger charge is 2.26. The van der Waals surface area contributed by atoms with E-state index in [-0.39, 0.29) is 6.10 Å². The maximum atomic E-state index is 10.4. The van der Waals surface area contributed by atoms with Gasteiger partial charge in [0.2, 0.25) is 0 Å². The van der Waals surface area contributed by atoms with Crippen LogP contribution in [0, 0.1) is 5.92 Å². The molecule has 2 rings (SSSR count). The SMILES string of the molecule is CCCOc1ccccc1C(O)C1CCCC1. The second-order valence-corrected chi connectivity index (χ2v) is 4.88. The van der Waals surface area contributed by atoms with Crippen LogP contribution in [0.25, 0.3) is 0 Å². The lowest BCUT2D eigenvalue weighted by Crippen LogP contribution is -2.11. The van der Waals surface area contributed by atoms with Crippen LogP contribution < -0.4 is 4.74 Å². The van der Waals surface area contributed by atoms with E-state index in [4.69, 9.17) is 4.74 Å². The third-order valence-corrected chi connectivity index (χ3v) is 3.55. The van der Waals surface area contributed by atoms with E-state index in [2.05, 4.69) is 6.92 Å². The van der Waals surface area contributed by atoms with E-state index >= 15 is 0 Å². The highest BCUT2D eigenvalue weighted by Crippen LogP contribution is 2.38. The molecule has 0 radical (unpaired) electrons. The van der Waals surface area contributed by atoms with Gasteiger partial charge in [-0.1, -0.05) is 38.0 Å². The predicted molar refractivity (Wildman–Crippen MR) is 69.1 cm³/mol. The molecule has 0 bridgehead atoms. The lowest BCUT2D eigenvalue weighted by Gasteiger charge is -2.20. The Bertz CT molecular complexity index is 343. The van der Waals surface area contributed by atoms with E-state index in [9.17, 15) is 5.11 Å². The first-order chi connectivity index (χ1) is 8.33. The molecule has 0 heterocycles. The van der Waals surface area contributed by atoms with Crippen molar-refractivity contribution in [2.75, 3.05) is 6.61 Å². The maximum Gasteiger partial charge on any atom is 0.125 e. The monoisotopic (exact) mass is 234 g/mol. The maximum absolute atomic E-state index is 10.4. The molecule has 0 spiro atoms. The van der Waals surface area contributed by atoms with E-state index in [1.807, 2.05) is 24.3 Å². The summed E-state index contributed by atoms with van der Waals surface area (Å²) in [6.45, 7) is 2.81. The van der Waals surface area contributed by atoms with E-state index < -0.39 is 0 Å². The van der Waals surface area contributed by atoms with E-state index in [0.29, 0.717) is 12.5 Å². The fourth-order valence-corrected chi connectivity index (χ4v) is 2.60. The Morgan fingerprint density at radius 1 is 1.29 bits per heavy atom. The number of para-hydroxylation sites is 1. The first kappa shape index (κ1) is 12.4. The zero-order valence-corrected chi connectivity index (χ0v) is 10.6. The summed E-state index contributed by atoms with van der Waals surface area (Å²) in [6, 6.07) is 7.90. The van der Waals surface area contributed by atoms with Gasteiger partial charge in [0.25, 0.3) is 0 Å². The molecule has 0 saturated heterocycles. The van der Waals surface area contributed by atoms with Crippen molar-refractivity contribution in [3.8, 4) is 5.75 Å². The van der Waals surface area contributed by atoms with Gasteiger partial charge in [-0.2, -0.15) is 0 Å². The Morgan fingerprint density at radius 2 is 2.00 bits per heavy atom. The molecule has 1 saturated carbocycles. The van der Waals surface area contributed by atoms with Gasteiger partial charge in [0.15, 0.2) is 0 Å². The van der Waals surface area contributed by atoms with Gasteiger partial charge in [0, 0.05) is 5.56 Å². The lowest BCUT2D eigenvalue weighted by atomic mass is 9.94. The molecule has 0 amide bonds. The summed E-state index contributed by atoms with van der Waals surface area (Å²) in [7, 11) is 0. The zero-order valence-electron chi connectivity index (χ0n) is 10.6. The van der Waals surface area contributed by atoms with Crippen LogP contribution in [-0.2, 0) is 0 Å². The zero-order chi connectivity index (χ0) is 12.1. The third-order valence-electron chi connectivity index (χ3n) is 3.55. The fourth-order valence-electron chi connectivity index (χ4n) is 2.60. The van der Waals surface area contributed by atoms with Crippen LogP contribution in [-0.4, -0.2) is 11.7 Å². The summed E-state index contributed by atoms with van der Waals surface area (Å²) in [5.74, 6) is 1.27. The summed E-state index contributed by atoms with van der Waals surface area (Å²) in [5.41, 5.74) is 0.966. The molecule has 2 nitrogen and oxygen atoms in total. The van der Waals surface area contributed by atoms with Gasteiger partial charge in [0.05, 0.1) is 12.7 Å². The number of ether oxygens (including phenoxy) is 1. The Balaban J connectivity index is 2.12. The summed E-state index contributed by atoms with van der Waals surface area (Å²) >= 11 is 0. The van der Waals surface area contributed by atoms with Crippen molar-refractivity contribution in [1.29, 1.82) is 0 Å². The van der Waals surface area contributed by atoms with Gasteiger partial charge < -0.3 is 9.84 Å². The van der Waals surface area contributed by atoms with Crippen molar-refractivity contribution in [2.45, 2.75) is 45.1 Å². The molecule has 1 fully saturated rings. The van der Waals surface area contributed by atoms with Crippen LogP contribution in [0.3, 0.4) is 0 Å². The number of rotatable bonds is 5. The van der Waals surface area contributed by atoms with Crippen LogP contribution >= 0.6 is 0 Å². The molecule has 94 valence electrons. The molecular weight excluding hydrogens is 212 g/mol. The van der Waals surface area contributed by atoms with Crippen LogP contribution in [0.4, 0.5) is 0 Å². The summed E-state index contributed by atoms with van der Waals surface area (Å²) in [5, 5.41) is 10.4. The lowest BCUT2D eigenvalue weighted by molar-refractivity contribution is 0.107. The molecule has 2 heteroatoms. The molecular formula is C15H22O2. The highest BCUT2D eigenvalue weighted by molar-refractivity contribution is 5.35. The van der Waals surface area contributed by atoms with Crippen molar-refractivity contribution in [1.82, 2.24) is 0 Å². The van der Waals surface area contributed by atoms with Crippen LogP contribution in [0.5, 0.6) is 5.75 Å². The topological polar surface area (TPSA) is 29.5 Å². The van der Waals surface area contributed by atoms with Crippen molar-refractivity contribution in [3.05, 3.63) is 29.8 Å². The largest absolute Gasteiger partial charge is 0.493 e. The molecule has 17 heavy (non-hydrogen) atoms. The molecule has 0 aromatic heterocycles. The molecule has 1 N–H and O–H groups in total. The van der Waals surface area contributed by atoms with Crippen LogP contribution in [0.2, 0.25) is 0 Å². The number of hydrogen-bond acceptors (Lipinski definition) is 2. The van der Waals surface area contributed by atoms with Gasteiger partial charge in [-0.15, -0.1) is 0 Å². The first-order valence-corrected chi connectivity index (χ1v) is 6.72. The minimum Gasteiger partial charge on any atom is -0.493 e. The highest BCUT2D eigenvalue weighted by atomic mass is 16.5. The van der Waals surface area contributed by atoms with E-state index in [1.165, 1.54) is 12.8 Å². The molecule has 1 unspecified atom stereocenters. The Hall–Kier alpha value is -1.02. The predicted octanol–water partition coefficient (Wildman–Crippen LogP) is 3.70. The number of aliphatic hydroxyl groups excluding tert-OH is 1. The smallest absolute Gasteiger partial charge is 0.125 e. The van der Waals surface area contributed by atoms with Crippen LogP contribution in [0.1, 0.15) is 50.7 Å². The van der Waals surface area contributed by atoms with Gasteiger partial charge in [0.1, 0.15) is 5.75 Å². The van der Waals surface area contributed by atoms with Gasteiger partial charge in [-0.05, 0) is 31.2 Å². The number of aliphatic hydroxyl groups is 1. The van der Waals surface area contributed by atoms with Crippen molar-refractivity contribution < 1.29 is 9.84 Å². The van der Waals surface area contributed by atoms with Gasteiger partial charge in [-0.3, -0.25) is 0 Å². The number of hydrogen-bond donors (Lipinski definition) is 1. The molecule has 0 aliphatic heterocycles. The van der Waals surface area contributed by atoms with Crippen molar-refractivity contribution in [3.63, 3.8) is 0 Å². The fraction of sp³-hybridized carbons (Fsp3) is 0.600. The molecule has 1 aromatic carbocycles.